The Morgan fingerprint density at radius 1 is 1.43 bits per heavy atom. The van der Waals surface area contributed by atoms with Crippen LogP contribution in [-0.2, 0) is 4.79 Å². The zero-order chi connectivity index (χ0) is 16.4. The molecule has 6 heteroatoms. The van der Waals surface area contributed by atoms with E-state index in [1.54, 1.807) is 0 Å². The molecule has 1 fully saturated rings. The van der Waals surface area contributed by atoms with Gasteiger partial charge in [-0.3, -0.25) is 9.59 Å². The van der Waals surface area contributed by atoms with Crippen molar-refractivity contribution < 1.29 is 14.0 Å². The third-order valence-corrected chi connectivity index (χ3v) is 4.66. The summed E-state index contributed by atoms with van der Waals surface area (Å²) < 4.78 is 6.62. The number of fused-ring (bicyclic) bond motifs is 1. The van der Waals surface area contributed by atoms with E-state index in [-0.39, 0.29) is 11.8 Å². The molecule has 2 heterocycles. The first-order valence-electron chi connectivity index (χ1n) is 7.81. The fourth-order valence-electron chi connectivity index (χ4n) is 2.90. The van der Waals surface area contributed by atoms with Crippen molar-refractivity contribution in [3.8, 4) is 0 Å². The molecule has 1 N–H and O–H groups in total. The van der Waals surface area contributed by atoms with Gasteiger partial charge in [0, 0.05) is 41.5 Å². The highest BCUT2D eigenvalue weighted by Gasteiger charge is 2.20. The van der Waals surface area contributed by atoms with Gasteiger partial charge >= 0.3 is 0 Å². The molecular formula is C17H19BrN2O3. The van der Waals surface area contributed by atoms with Crippen molar-refractivity contribution in [2.75, 3.05) is 19.6 Å². The Hall–Kier alpha value is -1.82. The van der Waals surface area contributed by atoms with E-state index in [1.165, 1.54) is 0 Å². The standard InChI is InChI=1S/C17H19BrN2O3/c1-11-13-10-12(18)5-6-14(13)23-16(11)17(22)19-7-3-9-20-8-2-4-15(20)21/h5-6,10H,2-4,7-9H2,1H3,(H,19,22). The zero-order valence-electron chi connectivity index (χ0n) is 13.0. The van der Waals surface area contributed by atoms with E-state index < -0.39 is 0 Å². The highest BCUT2D eigenvalue weighted by molar-refractivity contribution is 9.10. The lowest BCUT2D eigenvalue weighted by Crippen LogP contribution is -2.30. The quantitative estimate of drug-likeness (QED) is 0.812. The van der Waals surface area contributed by atoms with Crippen molar-refractivity contribution in [2.24, 2.45) is 0 Å². The van der Waals surface area contributed by atoms with Gasteiger partial charge in [0.1, 0.15) is 5.58 Å². The van der Waals surface area contributed by atoms with Crippen LogP contribution in [0.5, 0.6) is 0 Å². The lowest BCUT2D eigenvalue weighted by atomic mass is 10.1. The SMILES string of the molecule is Cc1c(C(=O)NCCCN2CCCC2=O)oc2ccc(Br)cc12. The van der Waals surface area contributed by atoms with E-state index in [4.69, 9.17) is 4.42 Å². The molecule has 1 aromatic heterocycles. The van der Waals surface area contributed by atoms with E-state index in [0.717, 1.165) is 34.8 Å². The molecule has 1 saturated heterocycles. The van der Waals surface area contributed by atoms with Crippen LogP contribution >= 0.6 is 15.9 Å². The van der Waals surface area contributed by atoms with Gasteiger partial charge in [0.15, 0.2) is 5.76 Å². The highest BCUT2D eigenvalue weighted by atomic mass is 79.9. The first kappa shape index (κ1) is 16.1. The number of carbonyl (C=O) groups is 2. The smallest absolute Gasteiger partial charge is 0.287 e. The molecule has 0 spiro atoms. The molecule has 3 rings (SSSR count). The van der Waals surface area contributed by atoms with E-state index in [9.17, 15) is 9.59 Å². The fourth-order valence-corrected chi connectivity index (χ4v) is 3.26. The molecule has 23 heavy (non-hydrogen) atoms. The zero-order valence-corrected chi connectivity index (χ0v) is 14.6. The van der Waals surface area contributed by atoms with Gasteiger partial charge in [-0.15, -0.1) is 0 Å². The van der Waals surface area contributed by atoms with Gasteiger partial charge in [0.25, 0.3) is 5.91 Å². The summed E-state index contributed by atoms with van der Waals surface area (Å²) in [5.41, 5.74) is 1.55. The number of benzene rings is 1. The summed E-state index contributed by atoms with van der Waals surface area (Å²) >= 11 is 3.43. The van der Waals surface area contributed by atoms with Crippen LogP contribution in [0.3, 0.4) is 0 Å². The summed E-state index contributed by atoms with van der Waals surface area (Å²) in [5, 5.41) is 3.81. The third-order valence-electron chi connectivity index (χ3n) is 4.17. The lowest BCUT2D eigenvalue weighted by molar-refractivity contribution is -0.127. The highest BCUT2D eigenvalue weighted by Crippen LogP contribution is 2.27. The molecule has 0 unspecified atom stereocenters. The van der Waals surface area contributed by atoms with Gasteiger partial charge in [-0.05, 0) is 38.0 Å². The molecule has 0 saturated carbocycles. The first-order valence-corrected chi connectivity index (χ1v) is 8.60. The molecule has 122 valence electrons. The number of rotatable bonds is 5. The second kappa shape index (κ2) is 6.74. The molecule has 1 aliphatic heterocycles. The maximum absolute atomic E-state index is 12.3. The van der Waals surface area contributed by atoms with Gasteiger partial charge in [-0.2, -0.15) is 0 Å². The molecule has 0 aliphatic carbocycles. The van der Waals surface area contributed by atoms with E-state index in [0.29, 0.717) is 30.9 Å². The molecule has 1 aromatic carbocycles. The van der Waals surface area contributed by atoms with Crippen LogP contribution in [-0.4, -0.2) is 36.3 Å². The van der Waals surface area contributed by atoms with Crippen molar-refractivity contribution in [3.63, 3.8) is 0 Å². The van der Waals surface area contributed by atoms with Crippen LogP contribution in [0.2, 0.25) is 0 Å². The van der Waals surface area contributed by atoms with Crippen LogP contribution in [0, 0.1) is 6.92 Å². The van der Waals surface area contributed by atoms with Gasteiger partial charge in [0.2, 0.25) is 5.91 Å². The third kappa shape index (κ3) is 3.42. The lowest BCUT2D eigenvalue weighted by Gasteiger charge is -2.15. The number of hydrogen-bond acceptors (Lipinski definition) is 3. The maximum Gasteiger partial charge on any atom is 0.287 e. The van der Waals surface area contributed by atoms with Crippen molar-refractivity contribution in [1.82, 2.24) is 10.2 Å². The maximum atomic E-state index is 12.3. The molecule has 2 aromatic rings. The summed E-state index contributed by atoms with van der Waals surface area (Å²) in [6.45, 7) is 3.95. The number of aryl methyl sites for hydroxylation is 1. The van der Waals surface area contributed by atoms with Crippen LogP contribution in [0.4, 0.5) is 0 Å². The van der Waals surface area contributed by atoms with Crippen LogP contribution in [0.25, 0.3) is 11.0 Å². The Morgan fingerprint density at radius 2 is 2.26 bits per heavy atom. The number of halogens is 1. The van der Waals surface area contributed by atoms with E-state index in [1.807, 2.05) is 30.0 Å². The Labute approximate surface area is 143 Å². The number of furan rings is 1. The molecule has 5 nitrogen and oxygen atoms in total. The number of nitrogens with one attached hydrogen (secondary N) is 1. The number of amides is 2. The first-order chi connectivity index (χ1) is 11.1. The summed E-state index contributed by atoms with van der Waals surface area (Å²) in [6, 6.07) is 5.69. The molecular weight excluding hydrogens is 360 g/mol. The fraction of sp³-hybridized carbons (Fsp3) is 0.412. The molecule has 1 aliphatic rings. The monoisotopic (exact) mass is 378 g/mol. The van der Waals surface area contributed by atoms with Crippen LogP contribution in [0.1, 0.15) is 35.4 Å². The number of carbonyl (C=O) groups excluding carboxylic acids is 2. The van der Waals surface area contributed by atoms with Crippen molar-refractivity contribution >= 4 is 38.7 Å². The van der Waals surface area contributed by atoms with Crippen molar-refractivity contribution in [3.05, 3.63) is 34.0 Å². The Bertz CT molecular complexity index is 754. The van der Waals surface area contributed by atoms with Gasteiger partial charge in [-0.25, -0.2) is 0 Å². The minimum Gasteiger partial charge on any atom is -0.451 e. The Balaban J connectivity index is 1.58. The largest absolute Gasteiger partial charge is 0.451 e. The number of likely N-dealkylation sites (tertiary alicyclic amines) is 1. The molecule has 0 radical (unpaired) electrons. The minimum atomic E-state index is -0.206. The molecule has 2 amide bonds. The number of nitrogens with zero attached hydrogens (tertiary/aromatic N) is 1. The van der Waals surface area contributed by atoms with Crippen LogP contribution in [0.15, 0.2) is 27.1 Å². The average molecular weight is 379 g/mol. The normalized spacial score (nSPS) is 14.7. The summed E-state index contributed by atoms with van der Waals surface area (Å²) in [7, 11) is 0. The van der Waals surface area contributed by atoms with Crippen molar-refractivity contribution in [1.29, 1.82) is 0 Å². The molecule has 0 bridgehead atoms. The van der Waals surface area contributed by atoms with E-state index in [2.05, 4.69) is 21.2 Å². The number of hydrogen-bond donors (Lipinski definition) is 1. The topological polar surface area (TPSA) is 62.6 Å². The second-order valence-electron chi connectivity index (χ2n) is 5.79. The second-order valence-corrected chi connectivity index (χ2v) is 6.71. The van der Waals surface area contributed by atoms with Gasteiger partial charge in [-0.1, -0.05) is 15.9 Å². The van der Waals surface area contributed by atoms with E-state index >= 15 is 0 Å². The summed E-state index contributed by atoms with van der Waals surface area (Å²) in [6.07, 6.45) is 2.35. The Kier molecular flexibility index (Phi) is 4.71. The van der Waals surface area contributed by atoms with Gasteiger partial charge in [0.05, 0.1) is 0 Å². The Morgan fingerprint density at radius 3 is 3.00 bits per heavy atom. The summed E-state index contributed by atoms with van der Waals surface area (Å²) in [4.78, 5) is 25.7. The van der Waals surface area contributed by atoms with Crippen molar-refractivity contribution in [2.45, 2.75) is 26.2 Å². The van der Waals surface area contributed by atoms with Gasteiger partial charge < -0.3 is 14.6 Å². The average Bonchev–Trinajstić information content (AvgIpc) is 3.08. The van der Waals surface area contributed by atoms with Crippen LogP contribution < -0.4 is 5.32 Å². The predicted octanol–water partition coefficient (Wildman–Crippen LogP) is 3.25. The predicted molar refractivity (Wildman–Crippen MR) is 91.4 cm³/mol. The minimum absolute atomic E-state index is 0.206. The summed E-state index contributed by atoms with van der Waals surface area (Å²) in [5.74, 6) is 0.368. The molecule has 0 atom stereocenters.